The number of methoxy groups -OCH3 is 1. The highest BCUT2D eigenvalue weighted by molar-refractivity contribution is 7.99. The van der Waals surface area contributed by atoms with Gasteiger partial charge in [-0.15, -0.1) is 11.8 Å². The van der Waals surface area contributed by atoms with Crippen molar-refractivity contribution in [2.45, 2.75) is 23.6 Å². The third-order valence-corrected chi connectivity index (χ3v) is 6.09. The Balaban J connectivity index is 1.88. The van der Waals surface area contributed by atoms with Crippen LogP contribution in [0.2, 0.25) is 0 Å². The topological polar surface area (TPSA) is 52.6 Å². The van der Waals surface area contributed by atoms with Crippen LogP contribution in [0, 0.1) is 12.8 Å². The first kappa shape index (κ1) is 18.8. The first-order valence-corrected chi connectivity index (χ1v) is 10.0. The van der Waals surface area contributed by atoms with Gasteiger partial charge in [0, 0.05) is 10.6 Å². The number of hydrogen-bond acceptors (Lipinski definition) is 5. The van der Waals surface area contributed by atoms with E-state index >= 15 is 0 Å². The fraction of sp³-hybridized carbons (Fsp3) is 0.333. The zero-order valence-corrected chi connectivity index (χ0v) is 15.7. The maximum Gasteiger partial charge on any atom is 0.296 e. The minimum Gasteiger partial charge on any atom is -0.496 e. The standard InChI is InChI=1S/C18H22O4S2/c1-14-8-10-16(11-9-14)24(19,20)22-12-15(2)13-23-18-7-5-4-6-17(18)21-3/h4-11,15H,12-13H2,1-3H3. The fourth-order valence-electron chi connectivity index (χ4n) is 2.00. The van der Waals surface area contributed by atoms with E-state index in [0.717, 1.165) is 22.0 Å². The largest absolute Gasteiger partial charge is 0.496 e. The van der Waals surface area contributed by atoms with Crippen molar-refractivity contribution in [1.82, 2.24) is 0 Å². The van der Waals surface area contributed by atoms with E-state index in [2.05, 4.69) is 0 Å². The van der Waals surface area contributed by atoms with E-state index in [9.17, 15) is 8.42 Å². The van der Waals surface area contributed by atoms with Gasteiger partial charge in [0.1, 0.15) is 5.75 Å². The lowest BCUT2D eigenvalue weighted by atomic mass is 10.2. The molecule has 0 aliphatic rings. The van der Waals surface area contributed by atoms with Crippen molar-refractivity contribution < 1.29 is 17.3 Å². The van der Waals surface area contributed by atoms with Gasteiger partial charge in [0.05, 0.1) is 18.6 Å². The maximum absolute atomic E-state index is 12.2. The van der Waals surface area contributed by atoms with Gasteiger partial charge in [-0.05, 0) is 37.1 Å². The maximum atomic E-state index is 12.2. The second-order valence-corrected chi connectivity index (χ2v) is 8.30. The molecule has 0 bridgehead atoms. The highest BCUT2D eigenvalue weighted by atomic mass is 32.2. The molecule has 6 heteroatoms. The van der Waals surface area contributed by atoms with Crippen LogP contribution < -0.4 is 4.74 Å². The lowest BCUT2D eigenvalue weighted by molar-refractivity contribution is 0.277. The van der Waals surface area contributed by atoms with E-state index in [1.165, 1.54) is 0 Å². The van der Waals surface area contributed by atoms with E-state index in [0.29, 0.717) is 0 Å². The Morgan fingerprint density at radius 2 is 1.75 bits per heavy atom. The molecule has 1 atom stereocenters. The van der Waals surface area contributed by atoms with Gasteiger partial charge < -0.3 is 4.74 Å². The Kier molecular flexibility index (Phi) is 6.71. The molecule has 4 nitrogen and oxygen atoms in total. The number of para-hydroxylation sites is 1. The van der Waals surface area contributed by atoms with E-state index < -0.39 is 10.1 Å². The summed E-state index contributed by atoms with van der Waals surface area (Å²) in [5.74, 6) is 1.65. The summed E-state index contributed by atoms with van der Waals surface area (Å²) in [7, 11) is -2.06. The SMILES string of the molecule is COc1ccccc1SCC(C)COS(=O)(=O)c1ccc(C)cc1. The Morgan fingerprint density at radius 3 is 2.42 bits per heavy atom. The summed E-state index contributed by atoms with van der Waals surface area (Å²) in [6.07, 6.45) is 0. The number of ether oxygens (including phenoxy) is 1. The molecule has 0 aliphatic heterocycles. The second kappa shape index (κ2) is 8.55. The molecule has 0 spiro atoms. The molecule has 1 unspecified atom stereocenters. The number of thioether (sulfide) groups is 1. The second-order valence-electron chi connectivity index (χ2n) is 5.62. The van der Waals surface area contributed by atoms with Crippen LogP contribution in [0.4, 0.5) is 0 Å². The molecule has 0 radical (unpaired) electrons. The minimum atomic E-state index is -3.70. The van der Waals surface area contributed by atoms with Crippen molar-refractivity contribution in [2.24, 2.45) is 5.92 Å². The molecule has 2 aromatic rings. The van der Waals surface area contributed by atoms with Gasteiger partial charge in [-0.3, -0.25) is 4.18 Å². The number of aryl methyl sites for hydroxylation is 1. The van der Waals surface area contributed by atoms with E-state index in [4.69, 9.17) is 8.92 Å². The lowest BCUT2D eigenvalue weighted by Gasteiger charge is -2.13. The van der Waals surface area contributed by atoms with Gasteiger partial charge in [0.2, 0.25) is 0 Å². The summed E-state index contributed by atoms with van der Waals surface area (Å²) in [5, 5.41) is 0. The molecule has 0 aliphatic carbocycles. The van der Waals surface area contributed by atoms with Gasteiger partial charge >= 0.3 is 0 Å². The van der Waals surface area contributed by atoms with Crippen molar-refractivity contribution in [3.8, 4) is 5.75 Å². The van der Waals surface area contributed by atoms with Crippen molar-refractivity contribution >= 4 is 21.9 Å². The number of hydrogen-bond donors (Lipinski definition) is 0. The molecule has 2 aromatic carbocycles. The molecule has 0 N–H and O–H groups in total. The van der Waals surface area contributed by atoms with Crippen molar-refractivity contribution in [3.63, 3.8) is 0 Å². The van der Waals surface area contributed by atoms with Crippen LogP contribution in [0.1, 0.15) is 12.5 Å². The summed E-state index contributed by atoms with van der Waals surface area (Å²) in [5.41, 5.74) is 1.01. The summed E-state index contributed by atoms with van der Waals surface area (Å²) in [6, 6.07) is 14.4. The molecule has 2 rings (SSSR count). The normalized spacial score (nSPS) is 12.8. The highest BCUT2D eigenvalue weighted by Gasteiger charge is 2.17. The summed E-state index contributed by atoms with van der Waals surface area (Å²) >= 11 is 1.63. The first-order chi connectivity index (χ1) is 11.4. The molecule has 24 heavy (non-hydrogen) atoms. The Hall–Kier alpha value is -1.50. The molecular formula is C18H22O4S2. The van der Waals surface area contributed by atoms with Crippen LogP contribution in [-0.4, -0.2) is 27.9 Å². The predicted molar refractivity (Wildman–Crippen MR) is 97.2 cm³/mol. The monoisotopic (exact) mass is 366 g/mol. The van der Waals surface area contributed by atoms with Gasteiger partial charge in [-0.2, -0.15) is 8.42 Å². The van der Waals surface area contributed by atoms with Crippen LogP contribution in [0.15, 0.2) is 58.3 Å². The zero-order valence-electron chi connectivity index (χ0n) is 14.1. The number of rotatable bonds is 8. The lowest BCUT2D eigenvalue weighted by Crippen LogP contribution is -2.14. The first-order valence-electron chi connectivity index (χ1n) is 7.64. The van der Waals surface area contributed by atoms with E-state index in [-0.39, 0.29) is 17.4 Å². The third kappa shape index (κ3) is 5.26. The van der Waals surface area contributed by atoms with Crippen LogP contribution in [-0.2, 0) is 14.3 Å². The Morgan fingerprint density at radius 1 is 1.08 bits per heavy atom. The Bertz CT molecular complexity index is 755. The molecule has 0 amide bonds. The molecular weight excluding hydrogens is 344 g/mol. The fourth-order valence-corrected chi connectivity index (χ4v) is 4.04. The molecule has 0 aromatic heterocycles. The smallest absolute Gasteiger partial charge is 0.296 e. The Labute approximate surface area is 148 Å². The molecule has 0 saturated carbocycles. The summed E-state index contributed by atoms with van der Waals surface area (Å²) in [6.45, 7) is 4.03. The number of benzene rings is 2. The van der Waals surface area contributed by atoms with Crippen molar-refractivity contribution in [1.29, 1.82) is 0 Å². The average Bonchev–Trinajstić information content (AvgIpc) is 2.59. The highest BCUT2D eigenvalue weighted by Crippen LogP contribution is 2.30. The van der Waals surface area contributed by atoms with Crippen LogP contribution in [0.3, 0.4) is 0 Å². The van der Waals surface area contributed by atoms with E-state index in [1.807, 2.05) is 38.1 Å². The van der Waals surface area contributed by atoms with Gasteiger partial charge in [0.15, 0.2) is 0 Å². The molecule has 0 heterocycles. The van der Waals surface area contributed by atoms with Crippen molar-refractivity contribution in [2.75, 3.05) is 19.5 Å². The summed E-state index contributed by atoms with van der Waals surface area (Å²) in [4.78, 5) is 1.23. The summed E-state index contributed by atoms with van der Waals surface area (Å²) < 4.78 is 34.8. The van der Waals surface area contributed by atoms with Gasteiger partial charge in [-0.1, -0.05) is 36.8 Å². The van der Waals surface area contributed by atoms with Gasteiger partial charge in [0.25, 0.3) is 10.1 Å². The molecule has 130 valence electrons. The zero-order chi connectivity index (χ0) is 17.6. The van der Waals surface area contributed by atoms with Crippen LogP contribution >= 0.6 is 11.8 Å². The minimum absolute atomic E-state index is 0.0835. The third-order valence-electron chi connectivity index (χ3n) is 3.41. The molecule has 0 fully saturated rings. The predicted octanol–water partition coefficient (Wildman–Crippen LogP) is 4.14. The average molecular weight is 367 g/mol. The van der Waals surface area contributed by atoms with E-state index in [1.54, 1.807) is 43.1 Å². The van der Waals surface area contributed by atoms with Crippen LogP contribution in [0.5, 0.6) is 5.75 Å². The quantitative estimate of drug-likeness (QED) is 0.519. The van der Waals surface area contributed by atoms with Crippen molar-refractivity contribution in [3.05, 3.63) is 54.1 Å². The van der Waals surface area contributed by atoms with Gasteiger partial charge in [-0.25, -0.2) is 0 Å². The molecule has 0 saturated heterocycles. The van der Waals surface area contributed by atoms with Crippen LogP contribution in [0.25, 0.3) is 0 Å².